The van der Waals surface area contributed by atoms with E-state index >= 15 is 0 Å². The van der Waals surface area contributed by atoms with Crippen molar-refractivity contribution in [2.24, 2.45) is 5.92 Å². The topological polar surface area (TPSA) is 64.3 Å². The predicted octanol–water partition coefficient (Wildman–Crippen LogP) is 2.29. The van der Waals surface area contributed by atoms with Gasteiger partial charge in [-0.1, -0.05) is 19.9 Å². The second-order valence-corrected chi connectivity index (χ2v) is 5.30. The van der Waals surface area contributed by atoms with E-state index in [2.05, 4.69) is 19.2 Å². The number of rotatable bonds is 5. The summed E-state index contributed by atoms with van der Waals surface area (Å²) in [5.41, 5.74) is 9.07. The van der Waals surface area contributed by atoms with E-state index in [1.54, 1.807) is 13.2 Å². The van der Waals surface area contributed by atoms with Crippen molar-refractivity contribution in [1.29, 1.82) is 0 Å². The fourth-order valence-electron chi connectivity index (χ4n) is 1.94. The quantitative estimate of drug-likeness (QED) is 0.802. The molecule has 4 nitrogen and oxygen atoms in total. The lowest BCUT2D eigenvalue weighted by Crippen LogP contribution is -2.41. The average Bonchev–Trinajstić information content (AvgIpc) is 2.32. The molecule has 1 amide bonds. The number of hydrogen-bond donors (Lipinski definition) is 2. The van der Waals surface area contributed by atoms with Gasteiger partial charge in [0, 0.05) is 18.4 Å². The number of methoxy groups -OCH3 is 1. The highest BCUT2D eigenvalue weighted by Crippen LogP contribution is 2.18. The Labute approximate surface area is 115 Å². The molecule has 1 unspecified atom stereocenters. The first kappa shape index (κ1) is 15.5. The molecule has 4 heteroatoms. The number of carbonyl (C=O) groups excluding carboxylic acids is 1. The van der Waals surface area contributed by atoms with Crippen molar-refractivity contribution in [1.82, 2.24) is 5.32 Å². The number of amides is 1. The molecule has 1 atom stereocenters. The fourth-order valence-corrected chi connectivity index (χ4v) is 1.94. The molecule has 0 fully saturated rings. The molecular formula is C15H24N2O2. The molecule has 106 valence electrons. The minimum atomic E-state index is -0.0973. The molecule has 0 radical (unpaired) electrons. The molecule has 0 heterocycles. The Kier molecular flexibility index (Phi) is 5.36. The van der Waals surface area contributed by atoms with E-state index in [1.807, 2.05) is 19.9 Å². The Hall–Kier alpha value is -1.55. The van der Waals surface area contributed by atoms with Gasteiger partial charge in [-0.15, -0.1) is 0 Å². The van der Waals surface area contributed by atoms with E-state index in [0.717, 1.165) is 11.1 Å². The van der Waals surface area contributed by atoms with Gasteiger partial charge in [0.05, 0.1) is 12.6 Å². The normalized spacial score (nSPS) is 12.5. The maximum atomic E-state index is 12.3. The Morgan fingerprint density at radius 3 is 2.47 bits per heavy atom. The lowest BCUT2D eigenvalue weighted by Gasteiger charge is -2.22. The zero-order chi connectivity index (χ0) is 14.6. The largest absolute Gasteiger partial charge is 0.398 e. The highest BCUT2D eigenvalue weighted by molar-refractivity contribution is 5.96. The number of anilines is 1. The van der Waals surface area contributed by atoms with E-state index in [9.17, 15) is 4.79 Å². The van der Waals surface area contributed by atoms with Crippen LogP contribution in [0.25, 0.3) is 0 Å². The van der Waals surface area contributed by atoms with Gasteiger partial charge in [0.15, 0.2) is 0 Å². The number of ether oxygens (including phenoxy) is 1. The number of aryl methyl sites for hydroxylation is 2. The molecular weight excluding hydrogens is 240 g/mol. The summed E-state index contributed by atoms with van der Waals surface area (Å²) >= 11 is 0. The van der Waals surface area contributed by atoms with Crippen molar-refractivity contribution >= 4 is 11.6 Å². The number of hydrogen-bond acceptors (Lipinski definition) is 3. The van der Waals surface area contributed by atoms with E-state index in [1.165, 1.54) is 0 Å². The summed E-state index contributed by atoms with van der Waals surface area (Å²) in [6, 6.07) is 3.68. The van der Waals surface area contributed by atoms with Gasteiger partial charge in [0.2, 0.25) is 0 Å². The lowest BCUT2D eigenvalue weighted by molar-refractivity contribution is 0.0866. The van der Waals surface area contributed by atoms with Gasteiger partial charge in [-0.05, 0) is 37.0 Å². The number of nitrogen functional groups attached to an aromatic ring is 1. The number of carbonyl (C=O) groups is 1. The van der Waals surface area contributed by atoms with Crippen LogP contribution in [0.3, 0.4) is 0 Å². The highest BCUT2D eigenvalue weighted by atomic mass is 16.5. The molecule has 0 aliphatic rings. The molecule has 0 aliphatic carbocycles. The van der Waals surface area contributed by atoms with Gasteiger partial charge in [-0.3, -0.25) is 4.79 Å². The summed E-state index contributed by atoms with van der Waals surface area (Å²) in [5.74, 6) is 0.215. The van der Waals surface area contributed by atoms with Crippen LogP contribution < -0.4 is 11.1 Å². The highest BCUT2D eigenvalue weighted by Gasteiger charge is 2.18. The van der Waals surface area contributed by atoms with E-state index in [0.29, 0.717) is 23.8 Å². The Morgan fingerprint density at radius 1 is 1.32 bits per heavy atom. The third kappa shape index (κ3) is 3.96. The summed E-state index contributed by atoms with van der Waals surface area (Å²) in [7, 11) is 1.64. The van der Waals surface area contributed by atoms with E-state index in [-0.39, 0.29) is 11.9 Å². The summed E-state index contributed by atoms with van der Waals surface area (Å²) in [5, 5.41) is 3.00. The molecule has 0 aromatic heterocycles. The number of benzene rings is 1. The standard InChI is InChI=1S/C15H24N2O2/c1-9(2)14(8-19-5)17-15(18)12-7-13(16)11(4)6-10(12)3/h6-7,9,14H,8,16H2,1-5H3,(H,17,18). The van der Waals surface area contributed by atoms with E-state index < -0.39 is 0 Å². The van der Waals surface area contributed by atoms with Gasteiger partial charge >= 0.3 is 0 Å². The monoisotopic (exact) mass is 264 g/mol. The lowest BCUT2D eigenvalue weighted by atomic mass is 10.0. The summed E-state index contributed by atoms with van der Waals surface area (Å²) in [4.78, 5) is 12.3. The fraction of sp³-hybridized carbons (Fsp3) is 0.533. The van der Waals surface area contributed by atoms with Crippen molar-refractivity contribution < 1.29 is 9.53 Å². The second kappa shape index (κ2) is 6.57. The van der Waals surface area contributed by atoms with Crippen LogP contribution in [0.4, 0.5) is 5.69 Å². The minimum Gasteiger partial charge on any atom is -0.398 e. The first-order chi connectivity index (χ1) is 8.86. The molecule has 0 aliphatic heterocycles. The summed E-state index contributed by atoms with van der Waals surface area (Å²) < 4.78 is 5.14. The van der Waals surface area contributed by atoms with Crippen molar-refractivity contribution in [2.75, 3.05) is 19.5 Å². The maximum Gasteiger partial charge on any atom is 0.251 e. The molecule has 1 aromatic carbocycles. The molecule has 1 aromatic rings. The third-order valence-corrected chi connectivity index (χ3v) is 3.33. The summed E-state index contributed by atoms with van der Waals surface area (Å²) in [6.07, 6.45) is 0. The van der Waals surface area contributed by atoms with Crippen LogP contribution >= 0.6 is 0 Å². The number of nitrogens with one attached hydrogen (secondary N) is 1. The van der Waals surface area contributed by atoms with Crippen LogP contribution in [0, 0.1) is 19.8 Å². The van der Waals surface area contributed by atoms with Crippen molar-refractivity contribution in [3.05, 3.63) is 28.8 Å². The molecule has 0 saturated carbocycles. The SMILES string of the molecule is COCC(NC(=O)c1cc(N)c(C)cc1C)C(C)C. The van der Waals surface area contributed by atoms with Gasteiger partial charge < -0.3 is 15.8 Å². The van der Waals surface area contributed by atoms with Crippen LogP contribution in [0.5, 0.6) is 0 Å². The molecule has 0 saturated heterocycles. The first-order valence-electron chi connectivity index (χ1n) is 6.53. The van der Waals surface area contributed by atoms with Gasteiger partial charge in [-0.25, -0.2) is 0 Å². The summed E-state index contributed by atoms with van der Waals surface area (Å²) in [6.45, 7) is 8.47. The molecule has 0 spiro atoms. The molecule has 3 N–H and O–H groups in total. The molecule has 19 heavy (non-hydrogen) atoms. The average molecular weight is 264 g/mol. The number of nitrogens with two attached hydrogens (primary N) is 1. The second-order valence-electron chi connectivity index (χ2n) is 5.30. The zero-order valence-corrected chi connectivity index (χ0v) is 12.4. The van der Waals surface area contributed by atoms with Crippen molar-refractivity contribution in [2.45, 2.75) is 33.7 Å². The predicted molar refractivity (Wildman–Crippen MR) is 78.3 cm³/mol. The van der Waals surface area contributed by atoms with Crippen molar-refractivity contribution in [3.63, 3.8) is 0 Å². The Bertz CT molecular complexity index is 456. The molecule has 0 bridgehead atoms. The van der Waals surface area contributed by atoms with Gasteiger partial charge in [0.1, 0.15) is 0 Å². The Morgan fingerprint density at radius 2 is 1.95 bits per heavy atom. The van der Waals surface area contributed by atoms with Crippen LogP contribution in [0.2, 0.25) is 0 Å². The third-order valence-electron chi connectivity index (χ3n) is 3.33. The smallest absolute Gasteiger partial charge is 0.251 e. The maximum absolute atomic E-state index is 12.3. The Balaban J connectivity index is 2.91. The van der Waals surface area contributed by atoms with Crippen LogP contribution in [-0.2, 0) is 4.74 Å². The molecule has 1 rings (SSSR count). The first-order valence-corrected chi connectivity index (χ1v) is 6.53. The van der Waals surface area contributed by atoms with Crippen molar-refractivity contribution in [3.8, 4) is 0 Å². The van der Waals surface area contributed by atoms with Crippen LogP contribution in [0.15, 0.2) is 12.1 Å². The minimum absolute atomic E-state index is 0.000530. The van der Waals surface area contributed by atoms with Gasteiger partial charge in [-0.2, -0.15) is 0 Å². The van der Waals surface area contributed by atoms with Crippen LogP contribution in [0.1, 0.15) is 35.3 Å². The zero-order valence-electron chi connectivity index (χ0n) is 12.4. The van der Waals surface area contributed by atoms with Crippen LogP contribution in [-0.4, -0.2) is 25.7 Å². The van der Waals surface area contributed by atoms with E-state index in [4.69, 9.17) is 10.5 Å². The van der Waals surface area contributed by atoms with Gasteiger partial charge in [0.25, 0.3) is 5.91 Å².